The molecule has 0 aliphatic heterocycles. The van der Waals surface area contributed by atoms with E-state index in [9.17, 15) is 22.4 Å². The first-order chi connectivity index (χ1) is 19.7. The summed E-state index contributed by atoms with van der Waals surface area (Å²) < 4.78 is 59.7. The number of anilines is 2. The van der Waals surface area contributed by atoms with Crippen molar-refractivity contribution >= 4 is 17.4 Å². The Balaban J connectivity index is 1.39. The molecule has 11 heteroatoms. The number of carbonyl (C=O) groups is 1. The first-order valence-corrected chi connectivity index (χ1v) is 12.4. The number of aryl methyl sites for hydroxylation is 1. The smallest absolute Gasteiger partial charge is 0.416 e. The van der Waals surface area contributed by atoms with Crippen molar-refractivity contribution in [3.05, 3.63) is 120 Å². The molecule has 0 unspecified atom stereocenters. The van der Waals surface area contributed by atoms with Crippen molar-refractivity contribution in [1.82, 2.24) is 14.8 Å². The van der Waals surface area contributed by atoms with Gasteiger partial charge in [-0.15, -0.1) is 5.10 Å². The van der Waals surface area contributed by atoms with Crippen LogP contribution in [0.1, 0.15) is 16.7 Å². The van der Waals surface area contributed by atoms with Gasteiger partial charge in [-0.05, 0) is 72.6 Å². The van der Waals surface area contributed by atoms with Gasteiger partial charge < -0.3 is 15.4 Å². The molecular formula is C30H23F4N5O2. The van der Waals surface area contributed by atoms with Crippen LogP contribution in [-0.2, 0) is 12.8 Å². The number of hydrogen-bond acceptors (Lipinski definition) is 4. The molecule has 2 amide bonds. The second kappa shape index (κ2) is 11.5. The largest absolute Gasteiger partial charge is 0.457 e. The highest BCUT2D eigenvalue weighted by atomic mass is 19.4. The van der Waals surface area contributed by atoms with Crippen LogP contribution < -0.4 is 15.4 Å². The van der Waals surface area contributed by atoms with Crippen molar-refractivity contribution < 1.29 is 27.1 Å². The van der Waals surface area contributed by atoms with E-state index in [0.29, 0.717) is 28.2 Å². The van der Waals surface area contributed by atoms with E-state index in [0.717, 1.165) is 17.7 Å². The van der Waals surface area contributed by atoms with Gasteiger partial charge in [-0.3, -0.25) is 0 Å². The fourth-order valence-corrected chi connectivity index (χ4v) is 3.94. The number of carbonyl (C=O) groups excluding carboxylic acids is 1. The number of rotatable bonds is 7. The Kier molecular flexibility index (Phi) is 7.68. The number of alkyl halides is 3. The Morgan fingerprint density at radius 2 is 1.56 bits per heavy atom. The van der Waals surface area contributed by atoms with E-state index in [-0.39, 0.29) is 24.3 Å². The number of hydrogen-bond donors (Lipinski definition) is 2. The molecule has 0 aliphatic carbocycles. The van der Waals surface area contributed by atoms with Crippen LogP contribution in [0.3, 0.4) is 0 Å². The molecule has 7 nitrogen and oxygen atoms in total. The molecule has 2 N–H and O–H groups in total. The van der Waals surface area contributed by atoms with Gasteiger partial charge in [-0.1, -0.05) is 42.5 Å². The van der Waals surface area contributed by atoms with Crippen LogP contribution in [-0.4, -0.2) is 20.8 Å². The molecule has 5 rings (SSSR count). The van der Waals surface area contributed by atoms with Gasteiger partial charge in [0.25, 0.3) is 0 Å². The Bertz CT molecular complexity index is 1650. The maximum Gasteiger partial charge on any atom is 0.416 e. The average Bonchev–Trinajstić information content (AvgIpc) is 3.38. The minimum Gasteiger partial charge on any atom is -0.457 e. The molecule has 0 spiro atoms. The molecule has 1 heterocycles. The fraction of sp³-hybridized carbons (Fsp3) is 0.100. The number of urea groups is 1. The topological polar surface area (TPSA) is 81.1 Å². The van der Waals surface area contributed by atoms with Crippen LogP contribution in [0, 0.1) is 12.7 Å². The Morgan fingerprint density at radius 1 is 0.878 bits per heavy atom. The molecule has 5 aromatic rings. The fourth-order valence-electron chi connectivity index (χ4n) is 3.94. The summed E-state index contributed by atoms with van der Waals surface area (Å²) >= 11 is 0. The summed E-state index contributed by atoms with van der Waals surface area (Å²) in [4.78, 5) is 16.9. The highest BCUT2D eigenvalue weighted by Gasteiger charge is 2.30. The zero-order chi connectivity index (χ0) is 29.0. The molecule has 0 bridgehead atoms. The highest BCUT2D eigenvalue weighted by Crippen LogP contribution is 2.32. The van der Waals surface area contributed by atoms with E-state index in [4.69, 9.17) is 4.74 Å². The number of nitrogens with zero attached hydrogens (tertiary/aromatic N) is 3. The van der Waals surface area contributed by atoms with Crippen LogP contribution in [0.15, 0.2) is 97.1 Å². The number of amides is 2. The SMILES string of the molecule is Cc1ccccc1NC(=O)Nc1ccc(-n2nc(OCc3ccc(F)cc3)nc2-c2ccc(C(F)(F)F)cc2)cc1. The Labute approximate surface area is 232 Å². The zero-order valence-electron chi connectivity index (χ0n) is 21.6. The number of aromatic nitrogens is 3. The molecule has 0 radical (unpaired) electrons. The van der Waals surface area contributed by atoms with Gasteiger partial charge in [0.1, 0.15) is 12.4 Å². The van der Waals surface area contributed by atoms with Gasteiger partial charge in [0.2, 0.25) is 0 Å². The lowest BCUT2D eigenvalue weighted by atomic mass is 10.1. The van der Waals surface area contributed by atoms with Crippen LogP contribution in [0.4, 0.5) is 33.7 Å². The maximum atomic E-state index is 13.2. The van der Waals surface area contributed by atoms with Crippen molar-refractivity contribution in [3.63, 3.8) is 0 Å². The third-order valence-electron chi connectivity index (χ3n) is 6.10. The molecule has 0 fully saturated rings. The van der Waals surface area contributed by atoms with Crippen LogP contribution >= 0.6 is 0 Å². The van der Waals surface area contributed by atoms with Gasteiger partial charge in [-0.2, -0.15) is 18.2 Å². The standard InChI is InChI=1S/C30H23F4N5O2/c1-19-4-2-3-5-26(19)36-28(40)35-24-14-16-25(17-15-24)39-27(21-8-10-22(11-9-21)30(32,33)34)37-29(38-39)41-18-20-6-12-23(31)13-7-20/h2-17H,18H2,1H3,(H2,35,36,40). The molecule has 1 aromatic heterocycles. The predicted molar refractivity (Wildman–Crippen MR) is 146 cm³/mol. The van der Waals surface area contributed by atoms with Gasteiger partial charge in [0, 0.05) is 16.9 Å². The Hall–Kier alpha value is -5.19. The molecule has 0 saturated carbocycles. The van der Waals surface area contributed by atoms with E-state index >= 15 is 0 Å². The predicted octanol–water partition coefficient (Wildman–Crippen LogP) is 7.62. The number of halogens is 4. The molecule has 208 valence electrons. The van der Waals surface area contributed by atoms with Crippen LogP contribution in [0.2, 0.25) is 0 Å². The third kappa shape index (κ3) is 6.70. The van der Waals surface area contributed by atoms with Crippen LogP contribution in [0.25, 0.3) is 17.1 Å². The molecule has 0 atom stereocenters. The van der Waals surface area contributed by atoms with E-state index < -0.39 is 17.8 Å². The van der Waals surface area contributed by atoms with Crippen LogP contribution in [0.5, 0.6) is 6.01 Å². The zero-order valence-corrected chi connectivity index (χ0v) is 21.6. The lowest BCUT2D eigenvalue weighted by Crippen LogP contribution is -2.19. The van der Waals surface area contributed by atoms with Crippen molar-refractivity contribution in [3.8, 4) is 23.1 Å². The molecular weight excluding hydrogens is 538 g/mol. The van der Waals surface area contributed by atoms with E-state index in [1.165, 1.54) is 28.9 Å². The van der Waals surface area contributed by atoms with E-state index in [1.54, 1.807) is 42.5 Å². The highest BCUT2D eigenvalue weighted by molar-refractivity contribution is 6.00. The lowest BCUT2D eigenvalue weighted by molar-refractivity contribution is -0.137. The molecule has 0 aliphatic rings. The van der Waals surface area contributed by atoms with E-state index in [1.807, 2.05) is 25.1 Å². The quantitative estimate of drug-likeness (QED) is 0.200. The minimum absolute atomic E-state index is 0.0240. The monoisotopic (exact) mass is 561 g/mol. The van der Waals surface area contributed by atoms with Gasteiger partial charge >= 0.3 is 18.2 Å². The maximum absolute atomic E-state index is 13.2. The summed E-state index contributed by atoms with van der Waals surface area (Å²) in [7, 11) is 0. The van der Waals surface area contributed by atoms with Crippen molar-refractivity contribution in [2.75, 3.05) is 10.6 Å². The number of para-hydroxylation sites is 1. The van der Waals surface area contributed by atoms with Crippen molar-refractivity contribution in [1.29, 1.82) is 0 Å². The number of nitrogens with one attached hydrogen (secondary N) is 2. The normalized spacial score (nSPS) is 11.2. The first-order valence-electron chi connectivity index (χ1n) is 12.4. The lowest BCUT2D eigenvalue weighted by Gasteiger charge is -2.11. The summed E-state index contributed by atoms with van der Waals surface area (Å²) in [6.45, 7) is 1.93. The minimum atomic E-state index is -4.48. The second-order valence-electron chi connectivity index (χ2n) is 9.06. The number of ether oxygens (including phenoxy) is 1. The van der Waals surface area contributed by atoms with E-state index in [2.05, 4.69) is 20.7 Å². The van der Waals surface area contributed by atoms with Gasteiger partial charge in [-0.25, -0.2) is 13.9 Å². The number of benzene rings is 4. The average molecular weight is 562 g/mol. The van der Waals surface area contributed by atoms with Crippen molar-refractivity contribution in [2.45, 2.75) is 19.7 Å². The molecule has 4 aromatic carbocycles. The van der Waals surface area contributed by atoms with Gasteiger partial charge in [0.15, 0.2) is 5.82 Å². The summed E-state index contributed by atoms with van der Waals surface area (Å²) in [5.41, 5.74) is 2.88. The molecule has 0 saturated heterocycles. The summed E-state index contributed by atoms with van der Waals surface area (Å²) in [5, 5.41) is 9.95. The summed E-state index contributed by atoms with van der Waals surface area (Å²) in [6, 6.07) is 23.9. The first kappa shape index (κ1) is 27.4. The Morgan fingerprint density at radius 3 is 2.22 bits per heavy atom. The molecule has 41 heavy (non-hydrogen) atoms. The van der Waals surface area contributed by atoms with Crippen molar-refractivity contribution in [2.24, 2.45) is 0 Å². The second-order valence-corrected chi connectivity index (χ2v) is 9.06. The van der Waals surface area contributed by atoms with Gasteiger partial charge in [0.05, 0.1) is 11.3 Å². The summed E-state index contributed by atoms with van der Waals surface area (Å²) in [6.07, 6.45) is -4.48. The third-order valence-corrected chi connectivity index (χ3v) is 6.10. The summed E-state index contributed by atoms with van der Waals surface area (Å²) in [5.74, 6) is -0.142.